The summed E-state index contributed by atoms with van der Waals surface area (Å²) in [6.45, 7) is 7.50. The molecule has 0 aromatic carbocycles. The first-order valence-corrected chi connectivity index (χ1v) is 4.53. The summed E-state index contributed by atoms with van der Waals surface area (Å²) < 4.78 is 4.54. The minimum atomic E-state index is -0.419. The molecule has 0 saturated heterocycles. The van der Waals surface area contributed by atoms with Gasteiger partial charge in [0.25, 0.3) is 0 Å². The van der Waals surface area contributed by atoms with Crippen molar-refractivity contribution in [3.63, 3.8) is 0 Å². The summed E-state index contributed by atoms with van der Waals surface area (Å²) in [6, 6.07) is 0. The molecule has 0 aliphatic carbocycles. The molecule has 0 bridgehead atoms. The Morgan fingerprint density at radius 1 is 1.36 bits per heavy atom. The Morgan fingerprint density at radius 3 is 2.43 bits per heavy atom. The van der Waals surface area contributed by atoms with E-state index in [9.17, 15) is 4.79 Å². The van der Waals surface area contributed by atoms with Crippen LogP contribution in [-0.2, 0) is 4.74 Å². The summed E-state index contributed by atoms with van der Waals surface area (Å²) >= 11 is 0. The van der Waals surface area contributed by atoms with E-state index >= 15 is 0 Å². The average molecular weight is 196 g/mol. The number of rotatable bonds is 1. The Balaban J connectivity index is 0.000000791. The molecule has 4 nitrogen and oxygen atoms in total. The Labute approximate surface area is 84.3 Å². The molecule has 0 spiro atoms. The first-order chi connectivity index (χ1) is 6.65. The second kappa shape index (κ2) is 6.07. The molecule has 0 atom stereocenters. The molecule has 1 aromatic rings. The van der Waals surface area contributed by atoms with Crippen LogP contribution in [0.5, 0.6) is 0 Å². The zero-order valence-electron chi connectivity index (χ0n) is 9.29. The fourth-order valence-electron chi connectivity index (χ4n) is 0.834. The van der Waals surface area contributed by atoms with Crippen molar-refractivity contribution in [1.29, 1.82) is 0 Å². The molecule has 0 aliphatic heterocycles. The zero-order chi connectivity index (χ0) is 11.1. The molecule has 0 N–H and O–H groups in total. The smallest absolute Gasteiger partial charge is 0.357 e. The number of methoxy groups -OCH3 is 1. The van der Waals surface area contributed by atoms with Crippen LogP contribution in [0.3, 0.4) is 0 Å². The van der Waals surface area contributed by atoms with Crippen molar-refractivity contribution < 1.29 is 9.53 Å². The van der Waals surface area contributed by atoms with Gasteiger partial charge < -0.3 is 4.74 Å². The summed E-state index contributed by atoms with van der Waals surface area (Å²) in [4.78, 5) is 19.0. The molecule has 1 rings (SSSR count). The van der Waals surface area contributed by atoms with Crippen LogP contribution < -0.4 is 0 Å². The quantitative estimate of drug-likeness (QED) is 0.644. The maximum atomic E-state index is 11.1. The van der Waals surface area contributed by atoms with E-state index in [1.54, 1.807) is 20.0 Å². The Bertz CT molecular complexity index is 311. The highest BCUT2D eigenvalue weighted by molar-refractivity contribution is 5.88. The number of hydrogen-bond donors (Lipinski definition) is 0. The maximum absolute atomic E-state index is 11.1. The van der Waals surface area contributed by atoms with Crippen LogP contribution in [0.15, 0.2) is 6.20 Å². The molecule has 0 radical (unpaired) electrons. The minimum Gasteiger partial charge on any atom is -0.464 e. The summed E-state index contributed by atoms with van der Waals surface area (Å²) in [6.07, 6.45) is 1.61. The largest absolute Gasteiger partial charge is 0.464 e. The first kappa shape index (κ1) is 12.6. The van der Waals surface area contributed by atoms with Gasteiger partial charge in [0.15, 0.2) is 5.69 Å². The molecule has 0 unspecified atom stereocenters. The summed E-state index contributed by atoms with van der Waals surface area (Å²) in [5.41, 5.74) is 1.07. The number of ether oxygens (including phenoxy) is 1. The third-order valence-corrected chi connectivity index (χ3v) is 1.47. The molecule has 78 valence electrons. The van der Waals surface area contributed by atoms with Crippen molar-refractivity contribution in [3.8, 4) is 0 Å². The SMILES string of the molecule is CC.COC(=O)c1nc(C)ncc1C. The lowest BCUT2D eigenvalue weighted by Gasteiger charge is -2.01. The maximum Gasteiger partial charge on any atom is 0.357 e. The van der Waals surface area contributed by atoms with Crippen LogP contribution in [0.25, 0.3) is 0 Å². The van der Waals surface area contributed by atoms with E-state index in [-0.39, 0.29) is 0 Å². The van der Waals surface area contributed by atoms with E-state index in [0.29, 0.717) is 11.5 Å². The van der Waals surface area contributed by atoms with Gasteiger partial charge in [0, 0.05) is 11.8 Å². The van der Waals surface area contributed by atoms with E-state index in [2.05, 4.69) is 14.7 Å². The summed E-state index contributed by atoms with van der Waals surface area (Å²) in [7, 11) is 1.33. The number of esters is 1. The first-order valence-electron chi connectivity index (χ1n) is 4.53. The minimum absolute atomic E-state index is 0.338. The van der Waals surface area contributed by atoms with Crippen molar-refractivity contribution in [3.05, 3.63) is 23.3 Å². The van der Waals surface area contributed by atoms with Gasteiger partial charge in [-0.1, -0.05) is 13.8 Å². The molecule has 0 saturated carbocycles. The van der Waals surface area contributed by atoms with Gasteiger partial charge in [0.1, 0.15) is 5.82 Å². The fraction of sp³-hybridized carbons (Fsp3) is 0.500. The standard InChI is InChI=1S/C8H10N2O2.C2H6/c1-5-4-9-6(2)10-7(5)8(11)12-3;1-2/h4H,1-3H3;1-2H3. The predicted octanol–water partition coefficient (Wildman–Crippen LogP) is 1.91. The number of carbonyl (C=O) groups is 1. The predicted molar refractivity (Wildman–Crippen MR) is 54.2 cm³/mol. The Hall–Kier alpha value is -1.45. The van der Waals surface area contributed by atoms with E-state index in [1.165, 1.54) is 7.11 Å². The lowest BCUT2D eigenvalue weighted by Crippen LogP contribution is -2.08. The van der Waals surface area contributed by atoms with Crippen molar-refractivity contribution in [2.75, 3.05) is 7.11 Å². The third-order valence-electron chi connectivity index (χ3n) is 1.47. The second-order valence-electron chi connectivity index (χ2n) is 2.44. The van der Waals surface area contributed by atoms with Crippen LogP contribution >= 0.6 is 0 Å². The highest BCUT2D eigenvalue weighted by Gasteiger charge is 2.10. The fourth-order valence-corrected chi connectivity index (χ4v) is 0.834. The topological polar surface area (TPSA) is 52.1 Å². The van der Waals surface area contributed by atoms with Crippen LogP contribution in [0, 0.1) is 13.8 Å². The average Bonchev–Trinajstić information content (AvgIpc) is 2.23. The summed E-state index contributed by atoms with van der Waals surface area (Å²) in [5.74, 6) is 0.152. The third kappa shape index (κ3) is 3.12. The molecule has 0 aliphatic rings. The van der Waals surface area contributed by atoms with Crippen LogP contribution in [-0.4, -0.2) is 23.0 Å². The van der Waals surface area contributed by atoms with E-state index in [0.717, 1.165) is 5.56 Å². The van der Waals surface area contributed by atoms with Crippen molar-refractivity contribution >= 4 is 5.97 Å². The van der Waals surface area contributed by atoms with Gasteiger partial charge in [-0.05, 0) is 13.8 Å². The van der Waals surface area contributed by atoms with Gasteiger partial charge in [0.05, 0.1) is 7.11 Å². The normalized spacial score (nSPS) is 8.64. The molecule has 4 heteroatoms. The van der Waals surface area contributed by atoms with Gasteiger partial charge >= 0.3 is 5.97 Å². The van der Waals surface area contributed by atoms with Crippen LogP contribution in [0.1, 0.15) is 35.7 Å². The lowest BCUT2D eigenvalue weighted by molar-refractivity contribution is 0.0592. The van der Waals surface area contributed by atoms with Gasteiger partial charge in [-0.2, -0.15) is 0 Å². The van der Waals surface area contributed by atoms with E-state index in [1.807, 2.05) is 13.8 Å². The van der Waals surface area contributed by atoms with Crippen LogP contribution in [0.2, 0.25) is 0 Å². The molecule has 1 aromatic heterocycles. The highest BCUT2D eigenvalue weighted by atomic mass is 16.5. The van der Waals surface area contributed by atoms with Crippen LogP contribution in [0.4, 0.5) is 0 Å². The monoisotopic (exact) mass is 196 g/mol. The highest BCUT2D eigenvalue weighted by Crippen LogP contribution is 2.04. The molecular weight excluding hydrogens is 180 g/mol. The molecule has 14 heavy (non-hydrogen) atoms. The van der Waals surface area contributed by atoms with Gasteiger partial charge in [-0.25, -0.2) is 14.8 Å². The second-order valence-corrected chi connectivity index (χ2v) is 2.44. The van der Waals surface area contributed by atoms with Gasteiger partial charge in [-0.3, -0.25) is 0 Å². The molecular formula is C10H16N2O2. The Morgan fingerprint density at radius 2 is 1.93 bits per heavy atom. The van der Waals surface area contributed by atoms with E-state index in [4.69, 9.17) is 0 Å². The Kier molecular flexibility index (Phi) is 5.44. The van der Waals surface area contributed by atoms with Gasteiger partial charge in [0.2, 0.25) is 0 Å². The van der Waals surface area contributed by atoms with Crippen molar-refractivity contribution in [2.45, 2.75) is 27.7 Å². The zero-order valence-corrected chi connectivity index (χ0v) is 9.29. The van der Waals surface area contributed by atoms with E-state index < -0.39 is 5.97 Å². The van der Waals surface area contributed by atoms with Gasteiger partial charge in [-0.15, -0.1) is 0 Å². The van der Waals surface area contributed by atoms with Crippen molar-refractivity contribution in [2.24, 2.45) is 0 Å². The summed E-state index contributed by atoms with van der Waals surface area (Å²) in [5, 5.41) is 0. The number of carbonyl (C=O) groups excluding carboxylic acids is 1. The number of hydrogen-bond acceptors (Lipinski definition) is 4. The molecule has 1 heterocycles. The number of nitrogens with zero attached hydrogens (tertiary/aromatic N) is 2. The number of aromatic nitrogens is 2. The molecule has 0 fully saturated rings. The molecule has 0 amide bonds. The lowest BCUT2D eigenvalue weighted by atomic mass is 10.2. The number of aryl methyl sites for hydroxylation is 2. The van der Waals surface area contributed by atoms with Crippen molar-refractivity contribution in [1.82, 2.24) is 9.97 Å².